The number of hydrogen-bond donors (Lipinski definition) is 2. The van der Waals surface area contributed by atoms with Gasteiger partial charge in [0.1, 0.15) is 6.04 Å². The first kappa shape index (κ1) is 32.6. The summed E-state index contributed by atoms with van der Waals surface area (Å²) in [7, 11) is -3.57. The zero-order chi connectivity index (χ0) is 32.8. The fourth-order valence-electron chi connectivity index (χ4n) is 5.42. The molecule has 0 aromatic heterocycles. The topological polar surface area (TPSA) is 114 Å². The number of nitrogens with one attached hydrogen (secondary N) is 2. The van der Waals surface area contributed by atoms with Crippen LogP contribution in [0, 0.1) is 0 Å². The van der Waals surface area contributed by atoms with Crippen molar-refractivity contribution in [1.29, 1.82) is 0 Å². The molecular weight excluding hydrogens is 638 g/mol. The molecule has 244 valence electrons. The van der Waals surface area contributed by atoms with Gasteiger partial charge in [0.2, 0.25) is 28.6 Å². The fourth-order valence-corrected chi connectivity index (χ4v) is 6.85. The van der Waals surface area contributed by atoms with E-state index in [2.05, 4.69) is 10.0 Å². The number of amides is 2. The van der Waals surface area contributed by atoms with E-state index in [-0.39, 0.29) is 49.1 Å². The summed E-state index contributed by atoms with van der Waals surface area (Å²) in [5, 5.41) is 3.62. The molecule has 11 heteroatoms. The third-order valence-corrected chi connectivity index (χ3v) is 9.99. The average molecular weight is 674 g/mol. The van der Waals surface area contributed by atoms with E-state index < -0.39 is 16.1 Å². The smallest absolute Gasteiger partial charge is 0.243 e. The first-order valence-electron chi connectivity index (χ1n) is 15.6. The van der Waals surface area contributed by atoms with Crippen molar-refractivity contribution in [3.05, 3.63) is 124 Å². The first-order valence-corrected chi connectivity index (χ1v) is 17.4. The molecule has 0 spiro atoms. The lowest BCUT2D eigenvalue weighted by Crippen LogP contribution is -2.50. The van der Waals surface area contributed by atoms with Gasteiger partial charge < -0.3 is 19.7 Å². The van der Waals surface area contributed by atoms with Crippen LogP contribution < -0.4 is 19.5 Å². The minimum Gasteiger partial charge on any atom is -0.454 e. The van der Waals surface area contributed by atoms with E-state index in [0.29, 0.717) is 29.4 Å². The highest BCUT2D eigenvalue weighted by Gasteiger charge is 2.31. The summed E-state index contributed by atoms with van der Waals surface area (Å²) in [6.07, 6.45) is 2.53. The number of aryl methyl sites for hydroxylation is 1. The van der Waals surface area contributed by atoms with Crippen LogP contribution in [0.1, 0.15) is 41.5 Å². The van der Waals surface area contributed by atoms with Crippen molar-refractivity contribution in [2.24, 2.45) is 0 Å². The molecule has 9 nitrogen and oxygen atoms in total. The second kappa shape index (κ2) is 14.6. The van der Waals surface area contributed by atoms with Crippen LogP contribution in [0.2, 0.25) is 5.02 Å². The van der Waals surface area contributed by atoms with Crippen molar-refractivity contribution in [3.63, 3.8) is 0 Å². The van der Waals surface area contributed by atoms with E-state index in [1.165, 1.54) is 0 Å². The molecule has 0 saturated heterocycles. The molecule has 0 unspecified atom stereocenters. The average Bonchev–Trinajstić information content (AvgIpc) is 3.76. The molecule has 1 aliphatic heterocycles. The zero-order valence-electron chi connectivity index (χ0n) is 25.7. The number of ether oxygens (including phenoxy) is 2. The van der Waals surface area contributed by atoms with Crippen molar-refractivity contribution in [2.45, 2.75) is 62.2 Å². The van der Waals surface area contributed by atoms with E-state index in [4.69, 9.17) is 21.1 Å². The summed E-state index contributed by atoms with van der Waals surface area (Å²) in [6, 6.07) is 28.2. The Bertz CT molecular complexity index is 1810. The lowest BCUT2D eigenvalue weighted by Gasteiger charge is -2.32. The van der Waals surface area contributed by atoms with E-state index in [1.807, 2.05) is 60.7 Å². The Kier molecular flexibility index (Phi) is 10.1. The van der Waals surface area contributed by atoms with Crippen LogP contribution in [0.3, 0.4) is 0 Å². The Morgan fingerprint density at radius 2 is 1.51 bits per heavy atom. The molecule has 2 aliphatic rings. The summed E-state index contributed by atoms with van der Waals surface area (Å²) in [4.78, 5) is 29.9. The van der Waals surface area contributed by atoms with Gasteiger partial charge in [-0.15, -0.1) is 0 Å². The van der Waals surface area contributed by atoms with Crippen molar-refractivity contribution >= 4 is 33.4 Å². The van der Waals surface area contributed by atoms with Crippen LogP contribution in [-0.2, 0) is 45.5 Å². The summed E-state index contributed by atoms with van der Waals surface area (Å²) in [5.74, 6) is 0.799. The highest BCUT2D eigenvalue weighted by Crippen LogP contribution is 2.32. The van der Waals surface area contributed by atoms with Crippen LogP contribution >= 0.6 is 11.6 Å². The molecule has 6 rings (SSSR count). The standard InChI is InChI=1S/C36H36ClN3O6S/c37-29-12-6-27(7-13-29)23-40(35(41)19-11-25-8-16-31(17-9-25)47(43,44)39-30-14-15-30)32(20-26-4-2-1-3-5-26)36(42)38-22-28-10-18-33-34(21-28)46-24-45-33/h1-10,12-13,16-18,21,30,32,39H,11,14-15,19-20,22-24H2,(H,38,42)/t32-/m1/s1. The quantitative estimate of drug-likeness (QED) is 0.185. The maximum absolute atomic E-state index is 14.1. The number of carbonyl (C=O) groups excluding carboxylic acids is 2. The van der Waals surface area contributed by atoms with Gasteiger partial charge >= 0.3 is 0 Å². The van der Waals surface area contributed by atoms with Gasteiger partial charge in [-0.2, -0.15) is 0 Å². The molecule has 2 N–H and O–H groups in total. The second-order valence-electron chi connectivity index (χ2n) is 11.8. The first-order chi connectivity index (χ1) is 22.7. The molecule has 1 atom stereocenters. The lowest BCUT2D eigenvalue weighted by molar-refractivity contribution is -0.141. The van der Waals surface area contributed by atoms with Gasteiger partial charge in [-0.25, -0.2) is 13.1 Å². The van der Waals surface area contributed by atoms with Crippen molar-refractivity contribution in [3.8, 4) is 11.5 Å². The summed E-state index contributed by atoms with van der Waals surface area (Å²) in [5.41, 5.74) is 3.42. The summed E-state index contributed by atoms with van der Waals surface area (Å²) in [6.45, 7) is 0.608. The number of nitrogens with zero attached hydrogens (tertiary/aromatic N) is 1. The number of rotatable bonds is 14. The normalized spacial score (nSPS) is 14.4. The van der Waals surface area contributed by atoms with Crippen molar-refractivity contribution in [2.75, 3.05) is 6.79 Å². The Hall–Kier alpha value is -4.38. The number of sulfonamides is 1. The molecule has 0 radical (unpaired) electrons. The van der Waals surface area contributed by atoms with Crippen LogP contribution in [0.15, 0.2) is 102 Å². The molecule has 1 fully saturated rings. The Labute approximate surface area is 279 Å². The molecule has 1 aliphatic carbocycles. The predicted molar refractivity (Wildman–Crippen MR) is 178 cm³/mol. The molecule has 4 aromatic carbocycles. The summed E-state index contributed by atoms with van der Waals surface area (Å²) >= 11 is 6.15. The van der Waals surface area contributed by atoms with Gasteiger partial charge in [0, 0.05) is 37.0 Å². The minimum atomic E-state index is -3.57. The molecule has 0 bridgehead atoms. The zero-order valence-corrected chi connectivity index (χ0v) is 27.3. The van der Waals surface area contributed by atoms with E-state index in [9.17, 15) is 18.0 Å². The number of fused-ring (bicyclic) bond motifs is 1. The van der Waals surface area contributed by atoms with Crippen molar-refractivity contribution < 1.29 is 27.5 Å². The Morgan fingerprint density at radius 1 is 0.830 bits per heavy atom. The van der Waals surface area contributed by atoms with E-state index >= 15 is 0 Å². The largest absolute Gasteiger partial charge is 0.454 e. The number of benzene rings is 4. The highest BCUT2D eigenvalue weighted by molar-refractivity contribution is 7.89. The molecule has 4 aromatic rings. The molecule has 1 saturated carbocycles. The van der Waals surface area contributed by atoms with Crippen LogP contribution in [0.4, 0.5) is 0 Å². The molecule has 47 heavy (non-hydrogen) atoms. The number of carbonyl (C=O) groups is 2. The minimum absolute atomic E-state index is 0.0157. The Balaban J connectivity index is 1.21. The SMILES string of the molecule is O=C(NCc1ccc2c(c1)OCO2)[C@@H](Cc1ccccc1)N(Cc1ccc(Cl)cc1)C(=O)CCc1ccc(S(=O)(=O)NC2CC2)cc1. The maximum atomic E-state index is 14.1. The van der Waals surface area contributed by atoms with Gasteiger partial charge in [-0.1, -0.05) is 72.3 Å². The van der Waals surface area contributed by atoms with Crippen LogP contribution in [-0.4, -0.2) is 44.0 Å². The second-order valence-corrected chi connectivity index (χ2v) is 13.9. The summed E-state index contributed by atoms with van der Waals surface area (Å²) < 4.78 is 38.8. The van der Waals surface area contributed by atoms with Crippen molar-refractivity contribution in [1.82, 2.24) is 14.9 Å². The fraction of sp³-hybridized carbons (Fsp3) is 0.278. The Morgan fingerprint density at radius 3 is 2.23 bits per heavy atom. The molecular formula is C36H36ClN3O6S. The van der Waals surface area contributed by atoms with Gasteiger partial charge in [0.25, 0.3) is 0 Å². The predicted octanol–water partition coefficient (Wildman–Crippen LogP) is 5.40. The van der Waals surface area contributed by atoms with E-state index in [0.717, 1.165) is 35.1 Å². The molecule has 2 amide bonds. The van der Waals surface area contributed by atoms with Gasteiger partial charge in [0.15, 0.2) is 11.5 Å². The number of hydrogen-bond acceptors (Lipinski definition) is 6. The van der Waals surface area contributed by atoms with Gasteiger partial charge in [-0.05, 0) is 77.9 Å². The van der Waals surface area contributed by atoms with E-state index in [1.54, 1.807) is 41.3 Å². The maximum Gasteiger partial charge on any atom is 0.243 e. The highest BCUT2D eigenvalue weighted by atomic mass is 35.5. The molecule has 1 heterocycles. The third kappa shape index (κ3) is 8.71. The number of halogens is 1. The van der Waals surface area contributed by atoms with Gasteiger partial charge in [-0.3, -0.25) is 9.59 Å². The monoisotopic (exact) mass is 673 g/mol. The van der Waals surface area contributed by atoms with Gasteiger partial charge in [0.05, 0.1) is 4.90 Å². The van der Waals surface area contributed by atoms with Crippen LogP contribution in [0.5, 0.6) is 11.5 Å². The lowest BCUT2D eigenvalue weighted by atomic mass is 10.0. The van der Waals surface area contributed by atoms with Crippen LogP contribution in [0.25, 0.3) is 0 Å². The third-order valence-electron chi connectivity index (χ3n) is 8.20.